The summed E-state index contributed by atoms with van der Waals surface area (Å²) in [5, 5.41) is 17.6. The summed E-state index contributed by atoms with van der Waals surface area (Å²) in [6.45, 7) is 6.70. The molecular weight excluding hydrogens is 220 g/mol. The fourth-order valence-electron chi connectivity index (χ4n) is 1.80. The zero-order valence-electron chi connectivity index (χ0n) is 10.5. The van der Waals surface area contributed by atoms with Crippen molar-refractivity contribution < 1.29 is 14.6 Å². The molecule has 1 rings (SSSR count). The monoisotopic (exact) mass is 240 g/mol. The van der Waals surface area contributed by atoms with Crippen molar-refractivity contribution >= 4 is 5.97 Å². The van der Waals surface area contributed by atoms with Gasteiger partial charge < -0.3 is 9.84 Å². The lowest BCUT2D eigenvalue weighted by Gasteiger charge is -2.33. The zero-order chi connectivity index (χ0) is 12.9. The van der Waals surface area contributed by atoms with E-state index in [0.717, 1.165) is 19.5 Å². The summed E-state index contributed by atoms with van der Waals surface area (Å²) in [5.41, 5.74) is -0.319. The molecule has 1 fully saturated rings. The summed E-state index contributed by atoms with van der Waals surface area (Å²) in [7, 11) is 0. The van der Waals surface area contributed by atoms with Crippen molar-refractivity contribution in [3.63, 3.8) is 0 Å². The van der Waals surface area contributed by atoms with Crippen LogP contribution >= 0.6 is 0 Å². The summed E-state index contributed by atoms with van der Waals surface area (Å²) in [6.07, 6.45) is 0.632. The summed E-state index contributed by atoms with van der Waals surface area (Å²) in [4.78, 5) is 12.8. The molecule has 0 bridgehead atoms. The molecule has 1 aliphatic rings. The first-order valence-corrected chi connectivity index (χ1v) is 5.90. The SMILES string of the molecule is CC(C)(C#N)CCN1CCOC(CC(=O)O)C1. The third-order valence-electron chi connectivity index (χ3n) is 2.98. The maximum absolute atomic E-state index is 10.6. The number of ether oxygens (including phenoxy) is 1. The van der Waals surface area contributed by atoms with Crippen molar-refractivity contribution in [2.24, 2.45) is 5.41 Å². The highest BCUT2D eigenvalue weighted by atomic mass is 16.5. The molecule has 1 N–H and O–H groups in total. The molecule has 0 saturated carbocycles. The molecule has 0 aromatic rings. The van der Waals surface area contributed by atoms with Gasteiger partial charge in [0, 0.05) is 13.1 Å². The van der Waals surface area contributed by atoms with Crippen LogP contribution in [-0.4, -0.2) is 48.3 Å². The lowest BCUT2D eigenvalue weighted by Crippen LogP contribution is -2.44. The Labute approximate surface area is 102 Å². The van der Waals surface area contributed by atoms with Gasteiger partial charge in [-0.2, -0.15) is 5.26 Å². The van der Waals surface area contributed by atoms with Crippen LogP contribution in [0.15, 0.2) is 0 Å². The molecule has 0 aromatic heterocycles. The first-order valence-electron chi connectivity index (χ1n) is 5.90. The van der Waals surface area contributed by atoms with Crippen LogP contribution in [0.3, 0.4) is 0 Å². The molecule has 5 nitrogen and oxygen atoms in total. The highest BCUT2D eigenvalue weighted by molar-refractivity contribution is 5.67. The zero-order valence-corrected chi connectivity index (χ0v) is 10.5. The van der Waals surface area contributed by atoms with Crippen molar-refractivity contribution in [2.75, 3.05) is 26.2 Å². The van der Waals surface area contributed by atoms with Gasteiger partial charge in [-0.3, -0.25) is 9.69 Å². The highest BCUT2D eigenvalue weighted by Gasteiger charge is 2.24. The van der Waals surface area contributed by atoms with E-state index in [2.05, 4.69) is 11.0 Å². The maximum Gasteiger partial charge on any atom is 0.306 e. The molecule has 0 spiro atoms. The normalized spacial score (nSPS) is 22.1. The second kappa shape index (κ2) is 5.99. The number of carboxylic acid groups (broad SMARTS) is 1. The van der Waals surface area contributed by atoms with Crippen molar-refractivity contribution in [3.8, 4) is 6.07 Å². The van der Waals surface area contributed by atoms with Gasteiger partial charge in [0.1, 0.15) is 0 Å². The number of hydrogen-bond acceptors (Lipinski definition) is 4. The number of carboxylic acids is 1. The summed E-state index contributed by atoms with van der Waals surface area (Å²) >= 11 is 0. The minimum Gasteiger partial charge on any atom is -0.481 e. The maximum atomic E-state index is 10.6. The largest absolute Gasteiger partial charge is 0.481 e. The molecule has 0 amide bonds. The molecule has 5 heteroatoms. The molecule has 0 aliphatic carbocycles. The van der Waals surface area contributed by atoms with Gasteiger partial charge in [0.2, 0.25) is 0 Å². The van der Waals surface area contributed by atoms with Gasteiger partial charge in [0.05, 0.1) is 30.6 Å². The topological polar surface area (TPSA) is 73.6 Å². The van der Waals surface area contributed by atoms with E-state index in [1.165, 1.54) is 0 Å². The predicted octanol–water partition coefficient (Wildman–Crippen LogP) is 1.10. The molecule has 0 aromatic carbocycles. The van der Waals surface area contributed by atoms with Crippen LogP contribution in [0.5, 0.6) is 0 Å². The second-order valence-corrected chi connectivity index (χ2v) is 5.14. The smallest absolute Gasteiger partial charge is 0.306 e. The second-order valence-electron chi connectivity index (χ2n) is 5.14. The van der Waals surface area contributed by atoms with Gasteiger partial charge in [0.15, 0.2) is 0 Å². The Hall–Kier alpha value is -1.12. The van der Waals surface area contributed by atoms with Crippen LogP contribution in [0.25, 0.3) is 0 Å². The average molecular weight is 240 g/mol. The Bertz CT molecular complexity index is 309. The van der Waals surface area contributed by atoms with E-state index < -0.39 is 5.97 Å². The van der Waals surface area contributed by atoms with Crippen molar-refractivity contribution in [1.29, 1.82) is 5.26 Å². The molecule has 1 aliphatic heterocycles. The Morgan fingerprint density at radius 2 is 2.35 bits per heavy atom. The quantitative estimate of drug-likeness (QED) is 0.779. The van der Waals surface area contributed by atoms with Gasteiger partial charge in [0.25, 0.3) is 0 Å². The predicted molar refractivity (Wildman–Crippen MR) is 62.4 cm³/mol. The number of nitriles is 1. The van der Waals surface area contributed by atoms with Crippen LogP contribution in [0.1, 0.15) is 26.7 Å². The van der Waals surface area contributed by atoms with Crippen LogP contribution in [0.2, 0.25) is 0 Å². The van der Waals surface area contributed by atoms with E-state index in [1.807, 2.05) is 13.8 Å². The number of hydrogen-bond donors (Lipinski definition) is 1. The Kier molecular flexibility index (Phi) is 4.91. The van der Waals surface area contributed by atoms with Crippen LogP contribution in [0, 0.1) is 16.7 Å². The number of rotatable bonds is 5. The molecular formula is C12H20N2O3. The van der Waals surface area contributed by atoms with Crippen LogP contribution in [0.4, 0.5) is 0 Å². The van der Waals surface area contributed by atoms with E-state index in [-0.39, 0.29) is 17.9 Å². The van der Waals surface area contributed by atoms with Gasteiger partial charge in [-0.05, 0) is 26.8 Å². The van der Waals surface area contributed by atoms with Gasteiger partial charge >= 0.3 is 5.97 Å². The van der Waals surface area contributed by atoms with Gasteiger partial charge in [-0.25, -0.2) is 0 Å². The van der Waals surface area contributed by atoms with Gasteiger partial charge in [-0.15, -0.1) is 0 Å². The fraction of sp³-hybridized carbons (Fsp3) is 0.833. The van der Waals surface area contributed by atoms with E-state index in [4.69, 9.17) is 15.1 Å². The molecule has 1 unspecified atom stereocenters. The molecule has 1 heterocycles. The van der Waals surface area contributed by atoms with Crippen LogP contribution in [-0.2, 0) is 9.53 Å². The van der Waals surface area contributed by atoms with E-state index in [1.54, 1.807) is 0 Å². The Morgan fingerprint density at radius 3 is 2.94 bits per heavy atom. The van der Waals surface area contributed by atoms with E-state index in [0.29, 0.717) is 13.2 Å². The van der Waals surface area contributed by atoms with Gasteiger partial charge in [-0.1, -0.05) is 0 Å². The minimum atomic E-state index is -0.825. The minimum absolute atomic E-state index is 0.0537. The molecule has 96 valence electrons. The molecule has 17 heavy (non-hydrogen) atoms. The summed E-state index contributed by atoms with van der Waals surface area (Å²) < 4.78 is 5.39. The average Bonchev–Trinajstić information content (AvgIpc) is 2.26. The third kappa shape index (κ3) is 5.16. The Morgan fingerprint density at radius 1 is 1.65 bits per heavy atom. The summed E-state index contributed by atoms with van der Waals surface area (Å²) in [5.74, 6) is -0.825. The number of carbonyl (C=O) groups is 1. The molecule has 1 saturated heterocycles. The third-order valence-corrected chi connectivity index (χ3v) is 2.98. The van der Waals surface area contributed by atoms with Crippen molar-refractivity contribution in [1.82, 2.24) is 4.90 Å². The van der Waals surface area contributed by atoms with E-state index >= 15 is 0 Å². The first kappa shape index (κ1) is 13.9. The number of aliphatic carboxylic acids is 1. The van der Waals surface area contributed by atoms with E-state index in [9.17, 15) is 4.79 Å². The lowest BCUT2D eigenvalue weighted by molar-refractivity contribution is -0.142. The van der Waals surface area contributed by atoms with Crippen molar-refractivity contribution in [3.05, 3.63) is 0 Å². The van der Waals surface area contributed by atoms with Crippen molar-refractivity contribution in [2.45, 2.75) is 32.8 Å². The number of morpholine rings is 1. The van der Waals surface area contributed by atoms with Crippen LogP contribution < -0.4 is 0 Å². The lowest BCUT2D eigenvalue weighted by atomic mass is 9.91. The standard InChI is InChI=1S/C12H20N2O3/c1-12(2,9-13)3-4-14-5-6-17-10(8-14)7-11(15)16/h10H,3-8H2,1-2H3,(H,15,16). The Balaban J connectivity index is 2.35. The fourth-order valence-corrected chi connectivity index (χ4v) is 1.80. The first-order chi connectivity index (χ1) is 7.93. The number of nitrogens with zero attached hydrogens (tertiary/aromatic N) is 2. The highest BCUT2D eigenvalue weighted by Crippen LogP contribution is 2.20. The molecule has 0 radical (unpaired) electrons. The summed E-state index contributed by atoms with van der Waals surface area (Å²) in [6, 6.07) is 2.27. The molecule has 1 atom stereocenters.